The first-order valence-corrected chi connectivity index (χ1v) is 13.4. The minimum atomic E-state index is -1.33. The number of fused-ring (bicyclic) bond motifs is 5. The van der Waals surface area contributed by atoms with Crippen LogP contribution in [-0.4, -0.2) is 0 Å². The van der Waals surface area contributed by atoms with Gasteiger partial charge in [0, 0.05) is 25.6 Å². The van der Waals surface area contributed by atoms with Crippen LogP contribution >= 0.6 is 0 Å². The molecule has 2 heteroatoms. The number of benzene rings is 2. The molecule has 6 rings (SSSR count). The Morgan fingerprint density at radius 1 is 1.00 bits per heavy atom. The molecule has 2 nitrogen and oxygen atoms in total. The van der Waals surface area contributed by atoms with Crippen LogP contribution in [0.25, 0.3) is 33.2 Å². The van der Waals surface area contributed by atoms with Gasteiger partial charge in [-0.1, -0.05) is 71.6 Å². The van der Waals surface area contributed by atoms with Gasteiger partial charge in [-0.15, -0.1) is 0 Å². The van der Waals surface area contributed by atoms with Crippen molar-refractivity contribution in [1.29, 1.82) is 0 Å². The molecule has 0 atom stereocenters. The van der Waals surface area contributed by atoms with Crippen molar-refractivity contribution in [1.82, 2.24) is 0 Å². The summed E-state index contributed by atoms with van der Waals surface area (Å²) >= 11 is 0. The Morgan fingerprint density at radius 3 is 2.51 bits per heavy atom. The van der Waals surface area contributed by atoms with Crippen molar-refractivity contribution in [2.45, 2.75) is 90.3 Å². The Balaban J connectivity index is 1.62. The first kappa shape index (κ1) is 20.6. The third kappa shape index (κ3) is 3.63. The van der Waals surface area contributed by atoms with Crippen molar-refractivity contribution < 1.29 is 11.7 Å². The number of nitrogens with zero attached hydrogens (tertiary/aromatic N) is 1. The maximum absolute atomic E-state index is 9.02. The third-order valence-electron chi connectivity index (χ3n) is 8.93. The van der Waals surface area contributed by atoms with Crippen molar-refractivity contribution in [2.75, 3.05) is 0 Å². The quantitative estimate of drug-likeness (QED) is 0.276. The topological polar surface area (TPSA) is 17.0 Å². The predicted octanol–water partition coefficient (Wildman–Crippen LogP) is 8.47. The van der Waals surface area contributed by atoms with Crippen LogP contribution < -0.4 is 4.57 Å². The second kappa shape index (κ2) is 7.95. The summed E-state index contributed by atoms with van der Waals surface area (Å²) in [4.78, 5) is 0. The molecular formula is C33H40NO+. The predicted molar refractivity (Wildman–Crippen MR) is 146 cm³/mol. The monoisotopic (exact) mass is 468 g/mol. The smallest absolute Gasteiger partial charge is 0.216 e. The molecule has 0 N–H and O–H groups in total. The maximum atomic E-state index is 9.02. The molecule has 1 saturated carbocycles. The second-order valence-electron chi connectivity index (χ2n) is 12.4. The lowest BCUT2D eigenvalue weighted by Gasteiger charge is -2.42. The number of hydrogen-bond acceptors (Lipinski definition) is 1. The van der Waals surface area contributed by atoms with Crippen LogP contribution in [0.2, 0.25) is 0 Å². The Labute approximate surface area is 213 Å². The highest BCUT2D eigenvalue weighted by atomic mass is 16.3. The standard InChI is InChI=1S/C33H40NO/c1-21-11-12-24-29-27(14-13-25-30(29)33(4,5)17-16-32(25,2)3)35-31(24)28(21)26-20-23(15-18-34(26)6)19-22-9-7-8-10-22/h11-15,18,20,22H,7-10,16-17,19H2,1-6H3/q+1/i19D2. The fourth-order valence-electron chi connectivity index (χ4n) is 6.71. The molecule has 1 fully saturated rings. The van der Waals surface area contributed by atoms with Crippen molar-refractivity contribution in [3.05, 3.63) is 64.8 Å². The largest absolute Gasteiger partial charge is 0.455 e. The first-order chi connectivity index (χ1) is 17.4. The van der Waals surface area contributed by atoms with Crippen LogP contribution in [0.15, 0.2) is 47.0 Å². The van der Waals surface area contributed by atoms with E-state index in [-0.39, 0.29) is 16.7 Å². The number of aryl methyl sites for hydroxylation is 2. The Hall–Kier alpha value is -2.61. The molecule has 35 heavy (non-hydrogen) atoms. The van der Waals surface area contributed by atoms with E-state index >= 15 is 0 Å². The van der Waals surface area contributed by atoms with Crippen LogP contribution in [0.5, 0.6) is 0 Å². The summed E-state index contributed by atoms with van der Waals surface area (Å²) in [5.74, 6) is 0.0910. The van der Waals surface area contributed by atoms with Crippen molar-refractivity contribution in [3.8, 4) is 11.3 Å². The van der Waals surface area contributed by atoms with Crippen molar-refractivity contribution in [3.63, 3.8) is 0 Å². The molecule has 0 aliphatic heterocycles. The molecule has 0 radical (unpaired) electrons. The Morgan fingerprint density at radius 2 is 1.74 bits per heavy atom. The van der Waals surface area contributed by atoms with Gasteiger partial charge >= 0.3 is 0 Å². The van der Waals surface area contributed by atoms with Gasteiger partial charge in [0.25, 0.3) is 0 Å². The molecule has 0 unspecified atom stereocenters. The number of aromatic nitrogens is 1. The van der Waals surface area contributed by atoms with Crippen LogP contribution in [-0.2, 0) is 24.3 Å². The number of pyridine rings is 1. The van der Waals surface area contributed by atoms with E-state index in [1.165, 1.54) is 28.3 Å². The van der Waals surface area contributed by atoms with E-state index in [9.17, 15) is 0 Å². The van der Waals surface area contributed by atoms with Gasteiger partial charge < -0.3 is 4.42 Å². The zero-order valence-electron chi connectivity index (χ0n) is 24.2. The van der Waals surface area contributed by atoms with Gasteiger partial charge in [0.05, 0.1) is 5.56 Å². The molecule has 2 aromatic heterocycles. The van der Waals surface area contributed by atoms with E-state index < -0.39 is 6.37 Å². The summed E-state index contributed by atoms with van der Waals surface area (Å²) in [7, 11) is 2.05. The molecule has 2 heterocycles. The van der Waals surface area contributed by atoms with Gasteiger partial charge in [-0.3, -0.25) is 0 Å². The van der Waals surface area contributed by atoms with Gasteiger partial charge in [-0.2, -0.15) is 0 Å². The molecule has 4 aromatic rings. The highest BCUT2D eigenvalue weighted by Gasteiger charge is 2.39. The summed E-state index contributed by atoms with van der Waals surface area (Å²) in [6, 6.07) is 13.0. The van der Waals surface area contributed by atoms with E-state index in [0.29, 0.717) is 0 Å². The van der Waals surface area contributed by atoms with Crippen molar-refractivity contribution in [2.24, 2.45) is 13.0 Å². The first-order valence-electron chi connectivity index (χ1n) is 14.4. The van der Waals surface area contributed by atoms with Crippen LogP contribution in [0, 0.1) is 12.8 Å². The van der Waals surface area contributed by atoms with E-state index in [0.717, 1.165) is 65.7 Å². The second-order valence-corrected chi connectivity index (χ2v) is 12.4. The van der Waals surface area contributed by atoms with Crippen LogP contribution in [0.4, 0.5) is 0 Å². The van der Waals surface area contributed by atoms with Gasteiger partial charge in [-0.25, -0.2) is 4.57 Å². The molecule has 182 valence electrons. The fraction of sp³-hybridized carbons (Fsp3) is 0.485. The van der Waals surface area contributed by atoms with E-state index in [4.69, 9.17) is 7.16 Å². The highest BCUT2D eigenvalue weighted by Crippen LogP contribution is 2.51. The molecule has 0 bridgehead atoms. The number of hydrogen-bond donors (Lipinski definition) is 0. The normalized spacial score (nSPS) is 20.7. The average Bonchev–Trinajstić information content (AvgIpc) is 3.51. The number of furan rings is 1. The van der Waals surface area contributed by atoms with Gasteiger partial charge in [-0.05, 0) is 71.2 Å². The fourth-order valence-corrected chi connectivity index (χ4v) is 6.71. The summed E-state index contributed by atoms with van der Waals surface area (Å²) in [5.41, 5.74) is 8.97. The van der Waals surface area contributed by atoms with Gasteiger partial charge in [0.2, 0.25) is 5.69 Å². The molecule has 0 spiro atoms. The summed E-state index contributed by atoms with van der Waals surface area (Å²) in [5, 5.41) is 2.43. The van der Waals surface area contributed by atoms with Gasteiger partial charge in [0.1, 0.15) is 18.2 Å². The highest BCUT2D eigenvalue weighted by molar-refractivity contribution is 6.12. The Kier molecular flexibility index (Phi) is 4.67. The molecule has 2 aliphatic carbocycles. The summed E-state index contributed by atoms with van der Waals surface area (Å²) in [6.07, 6.45) is 7.24. The van der Waals surface area contributed by atoms with Crippen molar-refractivity contribution >= 4 is 21.9 Å². The van der Waals surface area contributed by atoms with E-state index in [1.54, 1.807) is 0 Å². The average molecular weight is 469 g/mol. The lowest BCUT2D eigenvalue weighted by atomic mass is 9.62. The Bertz CT molecular complexity index is 1540. The number of rotatable bonds is 3. The lowest BCUT2D eigenvalue weighted by molar-refractivity contribution is -0.660. The third-order valence-corrected chi connectivity index (χ3v) is 8.93. The van der Waals surface area contributed by atoms with Crippen LogP contribution in [0.1, 0.15) is 91.2 Å². The maximum Gasteiger partial charge on any atom is 0.216 e. The molecular weight excluding hydrogens is 426 g/mol. The minimum absolute atomic E-state index is 0.0775. The summed E-state index contributed by atoms with van der Waals surface area (Å²) in [6.45, 7) is 11.6. The van der Waals surface area contributed by atoms with E-state index in [1.807, 2.05) is 12.3 Å². The molecule has 0 amide bonds. The SMILES string of the molecule is [2H]C([2H])(c1cc[n+](C)c(-c2c(C)ccc3c2oc2ccc4c(c23)C(C)(C)CCC4(C)C)c1)C1CCCC1. The summed E-state index contributed by atoms with van der Waals surface area (Å²) < 4.78 is 26.9. The van der Waals surface area contributed by atoms with Crippen LogP contribution in [0.3, 0.4) is 0 Å². The van der Waals surface area contributed by atoms with E-state index in [2.05, 4.69) is 76.6 Å². The lowest BCUT2D eigenvalue weighted by Crippen LogP contribution is -2.33. The minimum Gasteiger partial charge on any atom is -0.455 e. The zero-order chi connectivity index (χ0) is 26.3. The zero-order valence-corrected chi connectivity index (χ0v) is 22.2. The van der Waals surface area contributed by atoms with Gasteiger partial charge in [0.15, 0.2) is 6.20 Å². The molecule has 2 aromatic carbocycles. The molecule has 0 saturated heterocycles. The molecule has 2 aliphatic rings.